The highest BCUT2D eigenvalue weighted by Crippen LogP contribution is 2.53. The molecule has 1 aliphatic rings. The molecule has 0 amide bonds. The van der Waals surface area contributed by atoms with E-state index in [4.69, 9.17) is 14.4 Å². The maximum Gasteiger partial charge on any atom is 0.160 e. The van der Waals surface area contributed by atoms with Gasteiger partial charge in [-0.3, -0.25) is 0 Å². The van der Waals surface area contributed by atoms with Crippen molar-refractivity contribution in [3.63, 3.8) is 0 Å². The minimum Gasteiger partial charge on any atom is -0.456 e. The van der Waals surface area contributed by atoms with E-state index < -0.39 is 0 Å². The molecule has 3 nitrogen and oxygen atoms in total. The lowest BCUT2D eigenvalue weighted by molar-refractivity contribution is 0.661. The molecule has 0 N–H and O–H groups in total. The zero-order valence-electron chi connectivity index (χ0n) is 30.0. The van der Waals surface area contributed by atoms with E-state index in [0.717, 1.165) is 55.4 Å². The van der Waals surface area contributed by atoms with Crippen molar-refractivity contribution in [2.75, 3.05) is 0 Å². The number of aromatic nitrogens is 2. The van der Waals surface area contributed by atoms with Gasteiger partial charge in [-0.05, 0) is 91.3 Å². The predicted molar refractivity (Wildman–Crippen MR) is 224 cm³/mol. The molecule has 0 bridgehead atoms. The summed E-state index contributed by atoms with van der Waals surface area (Å²) >= 11 is 0. The molecule has 0 fully saturated rings. The Bertz CT molecular complexity index is 3120. The number of furan rings is 1. The van der Waals surface area contributed by atoms with Crippen molar-refractivity contribution in [2.45, 2.75) is 19.3 Å². The third kappa shape index (κ3) is 4.68. The van der Waals surface area contributed by atoms with Gasteiger partial charge < -0.3 is 4.42 Å². The fourth-order valence-corrected chi connectivity index (χ4v) is 8.71. The van der Waals surface area contributed by atoms with Crippen LogP contribution < -0.4 is 0 Å². The van der Waals surface area contributed by atoms with Crippen molar-refractivity contribution < 1.29 is 4.42 Å². The zero-order valence-corrected chi connectivity index (χ0v) is 30.0. The van der Waals surface area contributed by atoms with Crippen LogP contribution in [0.25, 0.3) is 99.6 Å². The Labute approximate surface area is 313 Å². The molecule has 0 spiro atoms. The lowest BCUT2D eigenvalue weighted by atomic mass is 9.81. The monoisotopic (exact) mass is 690 g/mol. The second-order valence-electron chi connectivity index (χ2n) is 15.0. The molecule has 0 saturated heterocycles. The van der Waals surface area contributed by atoms with E-state index in [-0.39, 0.29) is 5.41 Å². The normalized spacial score (nSPS) is 13.1. The maximum atomic E-state index is 6.45. The fraction of sp³-hybridized carbons (Fsp3) is 0.0588. The van der Waals surface area contributed by atoms with Crippen molar-refractivity contribution in [2.24, 2.45) is 0 Å². The molecular formula is C51H34N2O. The van der Waals surface area contributed by atoms with Gasteiger partial charge in [0.1, 0.15) is 11.2 Å². The summed E-state index contributed by atoms with van der Waals surface area (Å²) in [7, 11) is 0. The lowest BCUT2D eigenvalue weighted by Crippen LogP contribution is -2.14. The van der Waals surface area contributed by atoms with Crippen molar-refractivity contribution in [3.05, 3.63) is 181 Å². The summed E-state index contributed by atoms with van der Waals surface area (Å²) in [5.41, 5.74) is 14.2. The maximum absolute atomic E-state index is 6.45. The molecule has 8 aromatic carbocycles. The summed E-state index contributed by atoms with van der Waals surface area (Å²) in [6, 6.07) is 60.6. The van der Waals surface area contributed by atoms with Crippen LogP contribution in [0.15, 0.2) is 174 Å². The first-order valence-corrected chi connectivity index (χ1v) is 18.6. The van der Waals surface area contributed by atoms with Gasteiger partial charge in [0.15, 0.2) is 5.82 Å². The SMILES string of the molecule is CC1(C)c2cc3ccccc3cc2-c2c(-c3ccc(-c4cc(-c5cccc6oc7cc8ccccc8cc7c56)nc(-c5ccccc5)n4)cc3)cccc21. The van der Waals surface area contributed by atoms with Crippen LogP contribution in [-0.2, 0) is 5.41 Å². The van der Waals surface area contributed by atoms with Gasteiger partial charge in [-0.15, -0.1) is 0 Å². The van der Waals surface area contributed by atoms with Crippen LogP contribution in [0.5, 0.6) is 0 Å². The Morgan fingerprint density at radius 1 is 0.426 bits per heavy atom. The Morgan fingerprint density at radius 2 is 1.06 bits per heavy atom. The van der Waals surface area contributed by atoms with Crippen molar-refractivity contribution in [1.82, 2.24) is 9.97 Å². The lowest BCUT2D eigenvalue weighted by Gasteiger charge is -2.22. The van der Waals surface area contributed by atoms with E-state index in [1.54, 1.807) is 0 Å². The molecule has 0 aliphatic heterocycles. The number of rotatable bonds is 4. The third-order valence-electron chi connectivity index (χ3n) is 11.5. The Hall–Kier alpha value is -6.84. The van der Waals surface area contributed by atoms with Crippen molar-refractivity contribution in [3.8, 4) is 56.2 Å². The molecule has 54 heavy (non-hydrogen) atoms. The number of nitrogens with zero attached hydrogens (tertiary/aromatic N) is 2. The van der Waals surface area contributed by atoms with E-state index >= 15 is 0 Å². The summed E-state index contributed by atoms with van der Waals surface area (Å²) in [6.45, 7) is 4.71. The molecule has 3 heteroatoms. The van der Waals surface area contributed by atoms with Gasteiger partial charge in [-0.2, -0.15) is 0 Å². The van der Waals surface area contributed by atoms with Crippen LogP contribution in [0.1, 0.15) is 25.0 Å². The largest absolute Gasteiger partial charge is 0.456 e. The Morgan fingerprint density at radius 3 is 1.83 bits per heavy atom. The molecule has 11 rings (SSSR count). The summed E-state index contributed by atoms with van der Waals surface area (Å²) in [6.07, 6.45) is 0. The van der Waals surface area contributed by atoms with Crippen LogP contribution in [0, 0.1) is 0 Å². The average molecular weight is 691 g/mol. The van der Waals surface area contributed by atoms with Gasteiger partial charge in [-0.1, -0.05) is 147 Å². The third-order valence-corrected chi connectivity index (χ3v) is 11.5. The van der Waals surface area contributed by atoms with Gasteiger partial charge >= 0.3 is 0 Å². The molecular weight excluding hydrogens is 657 g/mol. The van der Waals surface area contributed by atoms with E-state index in [1.807, 2.05) is 24.3 Å². The quantitative estimate of drug-likeness (QED) is 0.184. The first kappa shape index (κ1) is 30.8. The summed E-state index contributed by atoms with van der Waals surface area (Å²) in [5, 5.41) is 7.04. The average Bonchev–Trinajstić information content (AvgIpc) is 3.70. The van der Waals surface area contributed by atoms with Crippen LogP contribution in [0.3, 0.4) is 0 Å². The number of hydrogen-bond donors (Lipinski definition) is 0. The van der Waals surface area contributed by atoms with E-state index in [2.05, 4.69) is 159 Å². The second kappa shape index (κ2) is 11.6. The summed E-state index contributed by atoms with van der Waals surface area (Å²) < 4.78 is 6.45. The van der Waals surface area contributed by atoms with Crippen molar-refractivity contribution >= 4 is 43.5 Å². The van der Waals surface area contributed by atoms with Gasteiger partial charge in [0.05, 0.1) is 11.4 Å². The summed E-state index contributed by atoms with van der Waals surface area (Å²) in [4.78, 5) is 10.4. The van der Waals surface area contributed by atoms with Crippen LogP contribution in [0.2, 0.25) is 0 Å². The number of hydrogen-bond acceptors (Lipinski definition) is 3. The standard InChI is InChI=1S/C51H34N2O/c1-51(2)42-20-10-18-38(48(42)40-26-34-14-6-8-16-36(34)28-43(40)51)31-22-24-32(25-23-31)44-30-45(53-50(52-44)33-12-4-3-5-13-33)39-19-11-21-46-49(39)41-27-35-15-7-9-17-37(35)29-47(41)54-46/h3-30H,1-2H3. The zero-order chi connectivity index (χ0) is 36.0. The molecule has 0 saturated carbocycles. The Kier molecular flexibility index (Phi) is 6.60. The van der Waals surface area contributed by atoms with Gasteiger partial charge in [-0.25, -0.2) is 9.97 Å². The van der Waals surface area contributed by atoms with Crippen LogP contribution >= 0.6 is 0 Å². The van der Waals surface area contributed by atoms with Crippen molar-refractivity contribution in [1.29, 1.82) is 0 Å². The van der Waals surface area contributed by atoms with Crippen LogP contribution in [-0.4, -0.2) is 9.97 Å². The minimum atomic E-state index is -0.0912. The summed E-state index contributed by atoms with van der Waals surface area (Å²) in [5.74, 6) is 0.689. The Balaban J connectivity index is 1.06. The number of fused-ring (bicyclic) bond motifs is 8. The molecule has 0 atom stereocenters. The second-order valence-corrected chi connectivity index (χ2v) is 15.0. The van der Waals surface area contributed by atoms with Gasteiger partial charge in [0, 0.05) is 32.9 Å². The molecule has 1 aliphatic carbocycles. The highest BCUT2D eigenvalue weighted by atomic mass is 16.3. The predicted octanol–water partition coefficient (Wildman–Crippen LogP) is 13.7. The molecule has 2 aromatic heterocycles. The first-order valence-electron chi connectivity index (χ1n) is 18.6. The minimum absolute atomic E-state index is 0.0912. The molecule has 0 unspecified atom stereocenters. The van der Waals surface area contributed by atoms with Gasteiger partial charge in [0.2, 0.25) is 0 Å². The molecule has 254 valence electrons. The number of benzene rings is 8. The smallest absolute Gasteiger partial charge is 0.160 e. The molecule has 10 aromatic rings. The van der Waals surface area contributed by atoms with Crippen LogP contribution in [0.4, 0.5) is 0 Å². The van der Waals surface area contributed by atoms with Gasteiger partial charge in [0.25, 0.3) is 0 Å². The topological polar surface area (TPSA) is 38.9 Å². The molecule has 0 radical (unpaired) electrons. The fourth-order valence-electron chi connectivity index (χ4n) is 8.71. The highest BCUT2D eigenvalue weighted by molar-refractivity contribution is 6.15. The molecule has 2 heterocycles. The van der Waals surface area contributed by atoms with E-state index in [1.165, 1.54) is 49.5 Å². The highest BCUT2D eigenvalue weighted by Gasteiger charge is 2.37. The first-order chi connectivity index (χ1) is 26.5. The van der Waals surface area contributed by atoms with E-state index in [0.29, 0.717) is 5.82 Å². The van der Waals surface area contributed by atoms with E-state index in [9.17, 15) is 0 Å².